The Bertz CT molecular complexity index is 1420. The average Bonchev–Trinajstić information content (AvgIpc) is 3.17. The number of furan rings is 1. The minimum absolute atomic E-state index is 0.262. The molecule has 0 bridgehead atoms. The summed E-state index contributed by atoms with van der Waals surface area (Å²) in [4.78, 5) is 13.0. The minimum atomic E-state index is -3.54. The van der Waals surface area contributed by atoms with Crippen molar-refractivity contribution in [1.29, 1.82) is 0 Å². The van der Waals surface area contributed by atoms with Gasteiger partial charge < -0.3 is 9.73 Å². The van der Waals surface area contributed by atoms with Crippen molar-refractivity contribution < 1.29 is 17.6 Å². The molecule has 0 aliphatic carbocycles. The van der Waals surface area contributed by atoms with Crippen LogP contribution in [0.2, 0.25) is 0 Å². The summed E-state index contributed by atoms with van der Waals surface area (Å²) in [5.74, 6) is 0.175. The maximum Gasteiger partial charge on any atom is 0.255 e. The van der Waals surface area contributed by atoms with Crippen LogP contribution in [0.3, 0.4) is 0 Å². The van der Waals surface area contributed by atoms with Crippen molar-refractivity contribution >= 4 is 32.6 Å². The van der Waals surface area contributed by atoms with E-state index in [2.05, 4.69) is 5.32 Å². The highest BCUT2D eigenvalue weighted by atomic mass is 32.2. The van der Waals surface area contributed by atoms with Crippen LogP contribution < -0.4 is 9.62 Å². The summed E-state index contributed by atoms with van der Waals surface area (Å²) in [6.45, 7) is 4.04. The van der Waals surface area contributed by atoms with Gasteiger partial charge in [0.15, 0.2) is 0 Å². The monoisotopic (exact) mass is 462 g/mol. The lowest BCUT2D eigenvalue weighted by Crippen LogP contribution is -2.29. The van der Waals surface area contributed by atoms with Gasteiger partial charge in [-0.05, 0) is 25.5 Å². The topological polar surface area (TPSA) is 79.6 Å². The predicted octanol–water partition coefficient (Wildman–Crippen LogP) is 5.22. The van der Waals surface area contributed by atoms with Gasteiger partial charge in [0.25, 0.3) is 5.91 Å². The lowest BCUT2D eigenvalue weighted by Gasteiger charge is -2.23. The fourth-order valence-corrected chi connectivity index (χ4v) is 5.01. The Hall–Kier alpha value is -3.58. The molecule has 1 heterocycles. The second-order valence-corrected chi connectivity index (χ2v) is 9.82. The lowest BCUT2D eigenvalue weighted by molar-refractivity contribution is 0.0964. The Morgan fingerprint density at radius 1 is 1.00 bits per heavy atom. The second-order valence-electron chi connectivity index (χ2n) is 7.91. The predicted molar refractivity (Wildman–Crippen MR) is 133 cm³/mol. The standard InChI is InChI=1S/C26H26N2O4S/c1-5-28(33(4,30)31)22-16-23-21(15-20(22)18-9-7-6-8-10-18)24(26(29)27-3)25(32-23)19-13-11-17(2)12-14-19/h6-16H,5H2,1-4H3,(H,27,29). The highest BCUT2D eigenvalue weighted by molar-refractivity contribution is 7.92. The Balaban J connectivity index is 2.09. The van der Waals surface area contributed by atoms with Crippen LogP contribution in [0, 0.1) is 6.92 Å². The number of benzene rings is 3. The Morgan fingerprint density at radius 3 is 2.24 bits per heavy atom. The number of carbonyl (C=O) groups is 1. The van der Waals surface area contributed by atoms with Crippen LogP contribution in [-0.2, 0) is 10.0 Å². The molecule has 0 saturated heterocycles. The first-order chi connectivity index (χ1) is 15.7. The molecule has 0 aliphatic rings. The number of hydrogen-bond donors (Lipinski definition) is 1. The van der Waals surface area contributed by atoms with Gasteiger partial charge in [-0.1, -0.05) is 60.2 Å². The number of sulfonamides is 1. The number of aryl methyl sites for hydroxylation is 1. The number of rotatable bonds is 6. The van der Waals surface area contributed by atoms with Crippen LogP contribution >= 0.6 is 0 Å². The molecule has 3 aromatic carbocycles. The van der Waals surface area contributed by atoms with Crippen LogP contribution in [0.5, 0.6) is 0 Å². The number of nitrogens with one attached hydrogen (secondary N) is 1. The van der Waals surface area contributed by atoms with Crippen molar-refractivity contribution in [2.24, 2.45) is 0 Å². The summed E-state index contributed by atoms with van der Waals surface area (Å²) < 4.78 is 32.7. The molecule has 0 atom stereocenters. The molecule has 4 rings (SSSR count). The largest absolute Gasteiger partial charge is 0.455 e. The molecule has 0 radical (unpaired) electrons. The van der Waals surface area contributed by atoms with Gasteiger partial charge in [-0.15, -0.1) is 0 Å². The van der Waals surface area contributed by atoms with E-state index in [1.165, 1.54) is 10.6 Å². The van der Waals surface area contributed by atoms with Gasteiger partial charge in [-0.2, -0.15) is 0 Å². The van der Waals surface area contributed by atoms with E-state index in [4.69, 9.17) is 4.42 Å². The molecule has 0 saturated carbocycles. The Kier molecular flexibility index (Phi) is 5.99. The number of amides is 1. The second kappa shape index (κ2) is 8.75. The van der Waals surface area contributed by atoms with Crippen molar-refractivity contribution in [3.05, 3.63) is 77.9 Å². The van der Waals surface area contributed by atoms with E-state index in [0.29, 0.717) is 33.5 Å². The average molecular weight is 463 g/mol. The quantitative estimate of drug-likeness (QED) is 0.426. The molecule has 33 heavy (non-hydrogen) atoms. The van der Waals surface area contributed by atoms with E-state index >= 15 is 0 Å². The first kappa shape index (κ1) is 22.6. The normalized spacial score (nSPS) is 11.5. The van der Waals surface area contributed by atoms with Crippen LogP contribution in [-0.4, -0.2) is 34.2 Å². The molecule has 0 unspecified atom stereocenters. The summed E-state index contributed by atoms with van der Waals surface area (Å²) in [7, 11) is -1.96. The number of anilines is 1. The number of nitrogens with zero attached hydrogens (tertiary/aromatic N) is 1. The Labute approximate surface area is 193 Å². The highest BCUT2D eigenvalue weighted by Gasteiger charge is 2.26. The minimum Gasteiger partial charge on any atom is -0.455 e. The van der Waals surface area contributed by atoms with E-state index in [1.807, 2.05) is 67.6 Å². The first-order valence-electron chi connectivity index (χ1n) is 10.7. The third-order valence-corrected chi connectivity index (χ3v) is 6.87. The molecule has 0 spiro atoms. The summed E-state index contributed by atoms with van der Waals surface area (Å²) in [5, 5.41) is 3.33. The molecule has 170 valence electrons. The van der Waals surface area contributed by atoms with Crippen LogP contribution in [0.4, 0.5) is 5.69 Å². The summed E-state index contributed by atoms with van der Waals surface area (Å²) in [6, 6.07) is 20.8. The van der Waals surface area contributed by atoms with E-state index in [-0.39, 0.29) is 12.5 Å². The van der Waals surface area contributed by atoms with Gasteiger partial charge in [0.2, 0.25) is 10.0 Å². The van der Waals surface area contributed by atoms with Crippen molar-refractivity contribution in [2.45, 2.75) is 13.8 Å². The van der Waals surface area contributed by atoms with E-state index in [0.717, 1.165) is 16.7 Å². The molecule has 7 heteroatoms. The van der Waals surface area contributed by atoms with Gasteiger partial charge in [-0.3, -0.25) is 9.10 Å². The molecule has 0 aliphatic heterocycles. The molecule has 1 amide bonds. The molecular weight excluding hydrogens is 436 g/mol. The highest BCUT2D eigenvalue weighted by Crippen LogP contribution is 2.41. The van der Waals surface area contributed by atoms with Gasteiger partial charge in [0, 0.05) is 36.2 Å². The fourth-order valence-electron chi connectivity index (χ4n) is 4.03. The maximum absolute atomic E-state index is 13.0. The van der Waals surface area contributed by atoms with Gasteiger partial charge >= 0.3 is 0 Å². The zero-order chi connectivity index (χ0) is 23.8. The maximum atomic E-state index is 13.0. The van der Waals surface area contributed by atoms with Crippen molar-refractivity contribution in [3.8, 4) is 22.5 Å². The van der Waals surface area contributed by atoms with Crippen LogP contribution in [0.15, 0.2) is 71.1 Å². The lowest BCUT2D eigenvalue weighted by atomic mass is 9.98. The van der Waals surface area contributed by atoms with E-state index in [1.54, 1.807) is 20.0 Å². The summed E-state index contributed by atoms with van der Waals surface area (Å²) in [6.07, 6.45) is 1.19. The first-order valence-corrected chi connectivity index (χ1v) is 12.5. The smallest absolute Gasteiger partial charge is 0.255 e. The number of fused-ring (bicyclic) bond motifs is 1. The molecule has 4 aromatic rings. The van der Waals surface area contributed by atoms with Gasteiger partial charge in [0.05, 0.1) is 17.5 Å². The third kappa shape index (κ3) is 4.24. The van der Waals surface area contributed by atoms with Crippen molar-refractivity contribution in [2.75, 3.05) is 24.2 Å². The zero-order valence-corrected chi connectivity index (χ0v) is 19.9. The van der Waals surface area contributed by atoms with E-state index < -0.39 is 10.0 Å². The zero-order valence-electron chi connectivity index (χ0n) is 19.0. The number of carbonyl (C=O) groups excluding carboxylic acids is 1. The van der Waals surface area contributed by atoms with Crippen molar-refractivity contribution in [3.63, 3.8) is 0 Å². The van der Waals surface area contributed by atoms with Crippen molar-refractivity contribution in [1.82, 2.24) is 5.32 Å². The van der Waals surface area contributed by atoms with Gasteiger partial charge in [-0.25, -0.2) is 8.42 Å². The number of hydrogen-bond acceptors (Lipinski definition) is 4. The molecule has 0 fully saturated rings. The SMILES string of the molecule is CCN(c1cc2oc(-c3ccc(C)cc3)c(C(=O)NC)c2cc1-c1ccccc1)S(C)(=O)=O. The molecule has 1 aromatic heterocycles. The summed E-state index contributed by atoms with van der Waals surface area (Å²) >= 11 is 0. The molecular formula is C26H26N2O4S. The Morgan fingerprint density at radius 2 is 1.67 bits per heavy atom. The van der Waals surface area contributed by atoms with E-state index in [9.17, 15) is 13.2 Å². The van der Waals surface area contributed by atoms with Crippen LogP contribution in [0.25, 0.3) is 33.4 Å². The van der Waals surface area contributed by atoms with Gasteiger partial charge in [0.1, 0.15) is 11.3 Å². The summed E-state index contributed by atoms with van der Waals surface area (Å²) in [5.41, 5.74) is 4.79. The van der Waals surface area contributed by atoms with Crippen LogP contribution in [0.1, 0.15) is 22.8 Å². The fraction of sp³-hybridized carbons (Fsp3) is 0.192. The molecule has 1 N–H and O–H groups in total. The molecule has 6 nitrogen and oxygen atoms in total. The third-order valence-electron chi connectivity index (χ3n) is 5.62.